The van der Waals surface area contributed by atoms with E-state index in [1.165, 1.54) is 13.2 Å². The Kier molecular flexibility index (Phi) is 8.13. The summed E-state index contributed by atoms with van der Waals surface area (Å²) in [6.07, 6.45) is 2.05. The first-order valence-electron chi connectivity index (χ1n) is 13.3. The lowest BCUT2D eigenvalue weighted by molar-refractivity contribution is -0.140. The quantitative estimate of drug-likeness (QED) is 0.260. The maximum absolute atomic E-state index is 15.2. The van der Waals surface area contributed by atoms with Crippen LogP contribution in [0.2, 0.25) is 0 Å². The molecule has 2 heterocycles. The van der Waals surface area contributed by atoms with Gasteiger partial charge in [-0.3, -0.25) is 4.79 Å². The monoisotopic (exact) mass is 529 g/mol. The van der Waals surface area contributed by atoms with Gasteiger partial charge in [-0.2, -0.15) is 0 Å². The standard InChI is InChI=1S/C32H32FNO5/c1-4-5-22(18-31(35)36-3)21-6-8-23(9-7-21)38-29-14-11-27-26(10-13-28(33)32(27)29)25-12-15-30(34-20(25)2)39-24-16-17-37-19-24/h6-10,12-13,15,22,24,29H,11,14,16-19H2,1-3H3/t22?,24?,29-/m1/s1. The minimum absolute atomic E-state index is 0.0306. The predicted molar refractivity (Wildman–Crippen MR) is 145 cm³/mol. The van der Waals surface area contributed by atoms with Gasteiger partial charge in [-0.15, -0.1) is 5.92 Å². The van der Waals surface area contributed by atoms with Crippen molar-refractivity contribution in [3.05, 3.63) is 76.7 Å². The van der Waals surface area contributed by atoms with E-state index < -0.39 is 6.10 Å². The van der Waals surface area contributed by atoms with E-state index in [9.17, 15) is 4.79 Å². The van der Waals surface area contributed by atoms with E-state index in [0.29, 0.717) is 43.2 Å². The number of pyridine rings is 1. The Balaban J connectivity index is 1.35. The number of benzene rings is 2. The number of carbonyl (C=O) groups is 1. The highest BCUT2D eigenvalue weighted by atomic mass is 19.1. The number of fused-ring (bicyclic) bond motifs is 1. The molecule has 1 fully saturated rings. The number of esters is 1. The van der Waals surface area contributed by atoms with E-state index in [1.54, 1.807) is 6.92 Å². The Morgan fingerprint density at radius 1 is 1.10 bits per heavy atom. The smallest absolute Gasteiger partial charge is 0.307 e. The van der Waals surface area contributed by atoms with E-state index in [4.69, 9.17) is 18.9 Å². The number of aromatic nitrogens is 1. The number of hydrogen-bond acceptors (Lipinski definition) is 6. The molecule has 2 unspecified atom stereocenters. The van der Waals surface area contributed by atoms with Crippen molar-refractivity contribution in [3.8, 4) is 34.6 Å². The van der Waals surface area contributed by atoms with Gasteiger partial charge in [0.15, 0.2) is 0 Å². The van der Waals surface area contributed by atoms with Gasteiger partial charge in [0.1, 0.15) is 23.8 Å². The third-order valence-electron chi connectivity index (χ3n) is 7.29. The van der Waals surface area contributed by atoms with Crippen LogP contribution in [-0.4, -0.2) is 37.4 Å². The summed E-state index contributed by atoms with van der Waals surface area (Å²) in [6.45, 7) is 4.98. The number of carbonyl (C=O) groups excluding carboxylic acids is 1. The third kappa shape index (κ3) is 5.91. The zero-order chi connectivity index (χ0) is 27.4. The first-order chi connectivity index (χ1) is 19.0. The highest BCUT2D eigenvalue weighted by molar-refractivity contribution is 5.72. The van der Waals surface area contributed by atoms with Crippen molar-refractivity contribution in [2.45, 2.75) is 57.7 Å². The van der Waals surface area contributed by atoms with Crippen LogP contribution >= 0.6 is 0 Å². The van der Waals surface area contributed by atoms with E-state index in [-0.39, 0.29) is 30.2 Å². The number of nitrogens with zero attached hydrogens (tertiary/aromatic N) is 1. The van der Waals surface area contributed by atoms with Crippen LogP contribution in [0.3, 0.4) is 0 Å². The van der Waals surface area contributed by atoms with E-state index >= 15 is 4.39 Å². The first kappa shape index (κ1) is 26.7. The molecule has 1 saturated heterocycles. The molecule has 5 rings (SSSR count). The van der Waals surface area contributed by atoms with Crippen LogP contribution < -0.4 is 9.47 Å². The lowest BCUT2D eigenvalue weighted by Crippen LogP contribution is -2.16. The minimum atomic E-state index is -0.398. The van der Waals surface area contributed by atoms with Gasteiger partial charge in [-0.25, -0.2) is 9.37 Å². The molecule has 7 heteroatoms. The lowest BCUT2D eigenvalue weighted by Gasteiger charge is -2.18. The van der Waals surface area contributed by atoms with Gasteiger partial charge in [-0.1, -0.05) is 24.1 Å². The average Bonchev–Trinajstić information content (AvgIpc) is 3.60. The molecular formula is C32H32FNO5. The summed E-state index contributed by atoms with van der Waals surface area (Å²) in [5, 5.41) is 0. The van der Waals surface area contributed by atoms with Crippen molar-refractivity contribution >= 4 is 5.97 Å². The third-order valence-corrected chi connectivity index (χ3v) is 7.29. The van der Waals surface area contributed by atoms with Gasteiger partial charge in [0.25, 0.3) is 0 Å². The van der Waals surface area contributed by atoms with Gasteiger partial charge < -0.3 is 18.9 Å². The lowest BCUT2D eigenvalue weighted by atomic mass is 9.95. The Morgan fingerprint density at radius 3 is 2.59 bits per heavy atom. The molecule has 3 atom stereocenters. The largest absolute Gasteiger partial charge is 0.486 e. The van der Waals surface area contributed by atoms with Crippen LogP contribution in [0.15, 0.2) is 48.5 Å². The Morgan fingerprint density at radius 2 is 1.90 bits per heavy atom. The molecule has 6 nitrogen and oxygen atoms in total. The van der Waals surface area contributed by atoms with Crippen LogP contribution in [0.4, 0.5) is 4.39 Å². The first-order valence-corrected chi connectivity index (χ1v) is 13.3. The fourth-order valence-electron chi connectivity index (χ4n) is 5.33. The molecule has 0 saturated carbocycles. The molecule has 0 amide bonds. The topological polar surface area (TPSA) is 66.9 Å². The second-order valence-electron chi connectivity index (χ2n) is 9.81. The molecule has 2 aliphatic rings. The van der Waals surface area contributed by atoms with Crippen LogP contribution in [-0.2, 0) is 20.7 Å². The molecular weight excluding hydrogens is 497 g/mol. The zero-order valence-electron chi connectivity index (χ0n) is 22.5. The predicted octanol–water partition coefficient (Wildman–Crippen LogP) is 6.10. The summed E-state index contributed by atoms with van der Waals surface area (Å²) in [6, 6.07) is 14.7. The molecule has 39 heavy (non-hydrogen) atoms. The Bertz CT molecular complexity index is 1400. The normalized spacial score (nSPS) is 18.6. The SMILES string of the molecule is CC#CC(CC(=O)OC)c1ccc(O[C@@H]2CCc3c(-c4ccc(OC5CCOC5)nc4C)ccc(F)c32)cc1. The number of rotatable bonds is 8. The summed E-state index contributed by atoms with van der Waals surface area (Å²) in [5.74, 6) is 6.32. The van der Waals surface area contributed by atoms with Gasteiger partial charge in [0.05, 0.1) is 32.7 Å². The van der Waals surface area contributed by atoms with Gasteiger partial charge in [0.2, 0.25) is 5.88 Å². The summed E-state index contributed by atoms with van der Waals surface area (Å²) in [7, 11) is 1.37. The van der Waals surface area contributed by atoms with Crippen LogP contribution in [0.5, 0.6) is 11.6 Å². The minimum Gasteiger partial charge on any atom is -0.486 e. The number of halogens is 1. The molecule has 1 aliphatic heterocycles. The van der Waals surface area contributed by atoms with Crippen molar-refractivity contribution in [1.29, 1.82) is 0 Å². The second kappa shape index (κ2) is 11.9. The molecule has 2 aromatic carbocycles. The highest BCUT2D eigenvalue weighted by Gasteiger charge is 2.31. The molecule has 0 N–H and O–H groups in total. The van der Waals surface area contributed by atoms with Crippen LogP contribution in [0.25, 0.3) is 11.1 Å². The van der Waals surface area contributed by atoms with Crippen LogP contribution in [0.1, 0.15) is 60.6 Å². The summed E-state index contributed by atoms with van der Waals surface area (Å²) in [5.41, 5.74) is 5.21. The van der Waals surface area contributed by atoms with Gasteiger partial charge >= 0.3 is 5.97 Å². The van der Waals surface area contributed by atoms with Crippen molar-refractivity contribution < 1.29 is 28.1 Å². The highest BCUT2D eigenvalue weighted by Crippen LogP contribution is 2.42. The van der Waals surface area contributed by atoms with Crippen molar-refractivity contribution in [2.24, 2.45) is 0 Å². The second-order valence-corrected chi connectivity index (χ2v) is 9.81. The number of methoxy groups -OCH3 is 1. The number of aryl methyl sites for hydroxylation is 1. The maximum Gasteiger partial charge on any atom is 0.307 e. The van der Waals surface area contributed by atoms with E-state index in [1.807, 2.05) is 49.4 Å². The molecule has 1 aromatic heterocycles. The van der Waals surface area contributed by atoms with Crippen LogP contribution in [0, 0.1) is 24.6 Å². The molecule has 3 aromatic rings. The summed E-state index contributed by atoms with van der Waals surface area (Å²) >= 11 is 0. The van der Waals surface area contributed by atoms with Crippen molar-refractivity contribution in [2.75, 3.05) is 20.3 Å². The molecule has 202 valence electrons. The maximum atomic E-state index is 15.2. The van der Waals surface area contributed by atoms with E-state index in [0.717, 1.165) is 34.4 Å². The Labute approximate surface area is 228 Å². The Hall–Kier alpha value is -3.89. The van der Waals surface area contributed by atoms with Crippen molar-refractivity contribution in [1.82, 2.24) is 4.98 Å². The van der Waals surface area contributed by atoms with Gasteiger partial charge in [0, 0.05) is 29.3 Å². The van der Waals surface area contributed by atoms with E-state index in [2.05, 4.69) is 16.8 Å². The number of hydrogen-bond donors (Lipinski definition) is 0. The number of ether oxygens (including phenoxy) is 4. The fourth-order valence-corrected chi connectivity index (χ4v) is 5.33. The fraction of sp³-hybridized carbons (Fsp3) is 0.375. The average molecular weight is 530 g/mol. The van der Waals surface area contributed by atoms with Gasteiger partial charge in [-0.05, 0) is 67.6 Å². The van der Waals surface area contributed by atoms with Crippen molar-refractivity contribution in [3.63, 3.8) is 0 Å². The zero-order valence-corrected chi connectivity index (χ0v) is 22.5. The summed E-state index contributed by atoms with van der Waals surface area (Å²) in [4.78, 5) is 16.5. The molecule has 0 spiro atoms. The molecule has 0 bridgehead atoms. The molecule has 0 radical (unpaired) electrons. The molecule has 1 aliphatic carbocycles. The summed E-state index contributed by atoms with van der Waals surface area (Å²) < 4.78 is 37.6.